The molecule has 0 radical (unpaired) electrons. The van der Waals surface area contributed by atoms with Gasteiger partial charge in [0.2, 0.25) is 11.9 Å². The maximum Gasteiger partial charge on any atom is 0.437 e. The quantitative estimate of drug-likeness (QED) is 0.518. The molecule has 172 valence electrons. The number of nitrogens with one attached hydrogen (secondary N) is 2. The molecule has 4 rings (SSSR count). The second kappa shape index (κ2) is 7.69. The van der Waals surface area contributed by atoms with E-state index < -0.39 is 47.9 Å². The first-order chi connectivity index (χ1) is 14.9. The Balaban J connectivity index is 1.56. The average molecular weight is 458 g/mol. The number of carbonyl (C=O) groups is 1. The minimum Gasteiger partial charge on any atom is -0.349 e. The smallest absolute Gasteiger partial charge is 0.349 e. The van der Waals surface area contributed by atoms with E-state index in [1.807, 2.05) is 0 Å². The van der Waals surface area contributed by atoms with Gasteiger partial charge in [-0.2, -0.15) is 18.3 Å². The van der Waals surface area contributed by atoms with Gasteiger partial charge in [0.05, 0.1) is 17.4 Å². The summed E-state index contributed by atoms with van der Waals surface area (Å²) in [5.41, 5.74) is 4.47. The topological polar surface area (TPSA) is 115 Å². The molecular formula is C18H19F5N8O. The van der Waals surface area contributed by atoms with Crippen LogP contribution < -0.4 is 16.4 Å². The fraction of sp³-hybridized carbons (Fsp3) is 0.444. The van der Waals surface area contributed by atoms with Gasteiger partial charge in [0, 0.05) is 38.2 Å². The van der Waals surface area contributed by atoms with Gasteiger partial charge in [0.25, 0.3) is 5.91 Å². The number of amides is 1. The van der Waals surface area contributed by atoms with Crippen LogP contribution in [0.25, 0.3) is 5.52 Å². The summed E-state index contributed by atoms with van der Waals surface area (Å²) in [6.45, 7) is 0. The monoisotopic (exact) mass is 458 g/mol. The van der Waals surface area contributed by atoms with Gasteiger partial charge in [-0.25, -0.2) is 18.3 Å². The molecule has 0 spiro atoms. The molecule has 3 aromatic heterocycles. The fourth-order valence-corrected chi connectivity index (χ4v) is 3.63. The number of aryl methyl sites for hydroxylation is 1. The van der Waals surface area contributed by atoms with E-state index in [-0.39, 0.29) is 24.5 Å². The Morgan fingerprint density at radius 3 is 2.72 bits per heavy atom. The van der Waals surface area contributed by atoms with E-state index in [2.05, 4.69) is 25.8 Å². The number of halogens is 5. The van der Waals surface area contributed by atoms with Crippen molar-refractivity contribution in [1.82, 2.24) is 24.4 Å². The van der Waals surface area contributed by atoms with Crippen molar-refractivity contribution in [3.63, 3.8) is 0 Å². The Hall–Kier alpha value is -3.29. The third kappa shape index (κ3) is 4.35. The van der Waals surface area contributed by atoms with Gasteiger partial charge in [0.1, 0.15) is 5.69 Å². The highest BCUT2D eigenvalue weighted by Crippen LogP contribution is 2.34. The molecule has 3 aromatic rings. The number of nitrogens with two attached hydrogens (primary N) is 1. The summed E-state index contributed by atoms with van der Waals surface area (Å²) in [7, 11) is 1.30. The normalized spacial score (nSPS) is 21.0. The number of carbonyl (C=O) groups excluding carboxylic acids is 1. The number of anilines is 2. The van der Waals surface area contributed by atoms with Gasteiger partial charge in [-0.1, -0.05) is 0 Å². The van der Waals surface area contributed by atoms with Gasteiger partial charge < -0.3 is 16.4 Å². The van der Waals surface area contributed by atoms with Gasteiger partial charge in [-0.3, -0.25) is 9.48 Å². The molecule has 1 aliphatic rings. The van der Waals surface area contributed by atoms with Crippen molar-refractivity contribution in [2.24, 2.45) is 12.8 Å². The molecule has 0 aliphatic heterocycles. The van der Waals surface area contributed by atoms with E-state index in [1.54, 1.807) is 0 Å². The van der Waals surface area contributed by atoms with E-state index >= 15 is 0 Å². The molecule has 1 saturated carbocycles. The van der Waals surface area contributed by atoms with Crippen LogP contribution in [-0.4, -0.2) is 48.3 Å². The molecule has 32 heavy (non-hydrogen) atoms. The third-order valence-electron chi connectivity index (χ3n) is 5.16. The number of alkyl halides is 5. The van der Waals surface area contributed by atoms with Crippen LogP contribution >= 0.6 is 0 Å². The van der Waals surface area contributed by atoms with Crippen LogP contribution in [0.3, 0.4) is 0 Å². The summed E-state index contributed by atoms with van der Waals surface area (Å²) in [6.07, 6.45) is -3.02. The standard InChI is InChI=1S/C18H19F5N8O/c1-30-8-12(14(28-30)18(21,22)23)26-15(32)13-3-2-9-7-25-16(29-31(9)13)27-11-4-5-17(19,20)6-10(11)24/h2-3,7-8,10-11H,4-6,24H2,1H3,(H,26,32)(H,27,29)/t10-,11+/m1/s1. The number of hydrogen-bond donors (Lipinski definition) is 3. The summed E-state index contributed by atoms with van der Waals surface area (Å²) in [6, 6.07) is 1.57. The number of fused-ring (bicyclic) bond motifs is 1. The van der Waals surface area contributed by atoms with Crippen molar-refractivity contribution in [2.75, 3.05) is 10.6 Å². The van der Waals surface area contributed by atoms with Gasteiger partial charge >= 0.3 is 6.18 Å². The second-order valence-electron chi connectivity index (χ2n) is 7.67. The highest BCUT2D eigenvalue weighted by molar-refractivity contribution is 6.04. The van der Waals surface area contributed by atoms with Crippen LogP contribution in [-0.2, 0) is 13.2 Å². The minimum absolute atomic E-state index is 0.0470. The van der Waals surface area contributed by atoms with Crippen molar-refractivity contribution in [2.45, 2.75) is 43.4 Å². The number of rotatable bonds is 4. The molecule has 1 aliphatic carbocycles. The van der Waals surface area contributed by atoms with Crippen molar-refractivity contribution in [1.29, 1.82) is 0 Å². The SMILES string of the molecule is Cn1cc(NC(=O)c2ccc3cnc(N[C@H]4CCC(F)(F)C[C@H]4N)nn23)c(C(F)(F)F)n1. The molecule has 0 unspecified atom stereocenters. The van der Waals surface area contributed by atoms with Crippen LogP contribution in [0.5, 0.6) is 0 Å². The Kier molecular flexibility index (Phi) is 5.27. The Bertz CT molecular complexity index is 1150. The first-order valence-corrected chi connectivity index (χ1v) is 9.60. The predicted octanol–water partition coefficient (Wildman–Crippen LogP) is 2.66. The Labute approximate surface area is 177 Å². The summed E-state index contributed by atoms with van der Waals surface area (Å²) < 4.78 is 68.6. The molecule has 0 saturated heterocycles. The van der Waals surface area contributed by atoms with Crippen molar-refractivity contribution < 1.29 is 26.7 Å². The lowest BCUT2D eigenvalue weighted by molar-refractivity contribution is -0.140. The largest absolute Gasteiger partial charge is 0.437 e. The van der Waals surface area contributed by atoms with E-state index in [0.717, 1.165) is 10.9 Å². The highest BCUT2D eigenvalue weighted by atomic mass is 19.4. The van der Waals surface area contributed by atoms with E-state index in [9.17, 15) is 26.7 Å². The van der Waals surface area contributed by atoms with Crippen molar-refractivity contribution >= 4 is 23.1 Å². The maximum absolute atomic E-state index is 13.5. The van der Waals surface area contributed by atoms with Gasteiger partial charge in [-0.15, -0.1) is 5.10 Å². The van der Waals surface area contributed by atoms with E-state index in [4.69, 9.17) is 5.73 Å². The number of aromatic nitrogens is 5. The zero-order valence-corrected chi connectivity index (χ0v) is 16.7. The lowest BCUT2D eigenvalue weighted by Gasteiger charge is -2.34. The van der Waals surface area contributed by atoms with Crippen LogP contribution in [0.2, 0.25) is 0 Å². The van der Waals surface area contributed by atoms with Gasteiger partial charge in [0.15, 0.2) is 5.69 Å². The first-order valence-electron chi connectivity index (χ1n) is 9.60. The molecule has 9 nitrogen and oxygen atoms in total. The Morgan fingerprint density at radius 1 is 1.28 bits per heavy atom. The molecule has 4 N–H and O–H groups in total. The van der Waals surface area contributed by atoms with Crippen molar-refractivity contribution in [3.05, 3.63) is 35.9 Å². The lowest BCUT2D eigenvalue weighted by Crippen LogP contribution is -2.49. The van der Waals surface area contributed by atoms with Crippen LogP contribution in [0.4, 0.5) is 33.6 Å². The summed E-state index contributed by atoms with van der Waals surface area (Å²) in [4.78, 5) is 16.8. The van der Waals surface area contributed by atoms with Crippen LogP contribution in [0.15, 0.2) is 24.5 Å². The second-order valence-corrected chi connectivity index (χ2v) is 7.67. The summed E-state index contributed by atoms with van der Waals surface area (Å²) in [5.74, 6) is -3.62. The molecule has 1 fully saturated rings. The summed E-state index contributed by atoms with van der Waals surface area (Å²) >= 11 is 0. The van der Waals surface area contributed by atoms with Crippen LogP contribution in [0, 0.1) is 0 Å². The van der Waals surface area contributed by atoms with Crippen LogP contribution in [0.1, 0.15) is 35.4 Å². The van der Waals surface area contributed by atoms with E-state index in [1.165, 1.54) is 29.9 Å². The molecule has 0 bridgehead atoms. The highest BCUT2D eigenvalue weighted by Gasteiger charge is 2.40. The Morgan fingerprint density at radius 2 is 2.03 bits per heavy atom. The predicted molar refractivity (Wildman–Crippen MR) is 103 cm³/mol. The minimum atomic E-state index is -4.75. The lowest BCUT2D eigenvalue weighted by atomic mass is 9.88. The zero-order chi connectivity index (χ0) is 23.3. The molecule has 2 atom stereocenters. The molecule has 3 heterocycles. The number of hydrogen-bond acceptors (Lipinski definition) is 6. The maximum atomic E-state index is 13.5. The molecule has 0 aromatic carbocycles. The van der Waals surface area contributed by atoms with Gasteiger partial charge in [-0.05, 0) is 18.6 Å². The van der Waals surface area contributed by atoms with Crippen molar-refractivity contribution in [3.8, 4) is 0 Å². The average Bonchev–Trinajstić information content (AvgIpc) is 3.26. The van der Waals surface area contributed by atoms with E-state index in [0.29, 0.717) is 5.52 Å². The molecular weight excluding hydrogens is 439 g/mol. The third-order valence-corrected chi connectivity index (χ3v) is 5.16. The molecule has 1 amide bonds. The zero-order valence-electron chi connectivity index (χ0n) is 16.7. The molecule has 14 heteroatoms. The fourth-order valence-electron chi connectivity index (χ4n) is 3.63. The first kappa shape index (κ1) is 21.9. The summed E-state index contributed by atoms with van der Waals surface area (Å²) in [5, 5.41) is 12.6. The number of nitrogens with zero attached hydrogens (tertiary/aromatic N) is 5.